The first-order valence-electron chi connectivity index (χ1n) is 7.83. The zero-order chi connectivity index (χ0) is 19.0. The minimum absolute atomic E-state index is 0.352. The summed E-state index contributed by atoms with van der Waals surface area (Å²) in [6, 6.07) is -2.89. The van der Waals surface area contributed by atoms with E-state index in [2.05, 4.69) is 5.32 Å². The Balaban J connectivity index is 2.31. The summed E-state index contributed by atoms with van der Waals surface area (Å²) in [5.41, 5.74) is -0.352. The molecule has 2 aliphatic carbocycles. The first-order chi connectivity index (χ1) is 11.7. The molecule has 11 nitrogen and oxygen atoms in total. The smallest absolute Gasteiger partial charge is 0.116 e. The third-order valence-electron chi connectivity index (χ3n) is 5.06. The van der Waals surface area contributed by atoms with E-state index in [0.717, 1.165) is 0 Å². The molecule has 146 valence electrons. The number of aliphatic hydroxyl groups excluding tert-OH is 10. The highest BCUT2D eigenvalue weighted by Crippen LogP contribution is 2.30. The topological polar surface area (TPSA) is 214 Å². The zero-order valence-electron chi connectivity index (χ0n) is 13.2. The van der Waals surface area contributed by atoms with Gasteiger partial charge in [0.25, 0.3) is 0 Å². The Morgan fingerprint density at radius 1 is 0.720 bits per heavy atom. The largest absolute Gasteiger partial charge is 0.510 e. The Labute approximate surface area is 142 Å². The number of nitrogens with one attached hydrogen (secondary N) is 1. The van der Waals surface area contributed by atoms with Gasteiger partial charge in [0.05, 0.1) is 37.5 Å². The molecule has 11 N–H and O–H groups in total. The van der Waals surface area contributed by atoms with Gasteiger partial charge in [0.2, 0.25) is 0 Å². The van der Waals surface area contributed by atoms with Gasteiger partial charge in [-0.2, -0.15) is 0 Å². The molecule has 0 amide bonds. The van der Waals surface area contributed by atoms with Crippen LogP contribution in [0.3, 0.4) is 0 Å². The first-order valence-corrected chi connectivity index (χ1v) is 7.83. The lowest BCUT2D eigenvalue weighted by Gasteiger charge is -2.46. The van der Waals surface area contributed by atoms with Crippen LogP contribution in [0.4, 0.5) is 0 Å². The standard InChI is InChI=1S/C14H25NO10/c16-1-3-7(18)5(11(22)13(24)9(3)20)15-6-8(19)4(2-17)10(21)14(25)12(6)23/h3,5-7,9-25H,1-2H2. The van der Waals surface area contributed by atoms with Gasteiger partial charge in [-0.25, -0.2) is 0 Å². The van der Waals surface area contributed by atoms with E-state index in [1.165, 1.54) is 0 Å². The van der Waals surface area contributed by atoms with Crippen molar-refractivity contribution < 1.29 is 51.1 Å². The average molecular weight is 367 g/mol. The van der Waals surface area contributed by atoms with Crippen LogP contribution in [-0.4, -0.2) is 119 Å². The predicted octanol–water partition coefficient (Wildman–Crippen LogP) is -5.72. The summed E-state index contributed by atoms with van der Waals surface area (Å²) >= 11 is 0. The fourth-order valence-electron chi connectivity index (χ4n) is 3.41. The molecule has 0 radical (unpaired) electrons. The van der Waals surface area contributed by atoms with Crippen molar-refractivity contribution in [2.24, 2.45) is 5.92 Å². The van der Waals surface area contributed by atoms with Crippen molar-refractivity contribution in [3.63, 3.8) is 0 Å². The zero-order valence-corrected chi connectivity index (χ0v) is 13.2. The van der Waals surface area contributed by atoms with E-state index in [-0.39, 0.29) is 5.57 Å². The van der Waals surface area contributed by atoms with Gasteiger partial charge in [0, 0.05) is 11.5 Å². The number of rotatable bonds is 4. The molecule has 0 aliphatic heterocycles. The number of hydrogen-bond acceptors (Lipinski definition) is 11. The van der Waals surface area contributed by atoms with E-state index in [1.54, 1.807) is 0 Å². The van der Waals surface area contributed by atoms with Crippen LogP contribution in [0.1, 0.15) is 0 Å². The Morgan fingerprint density at radius 3 is 1.84 bits per heavy atom. The van der Waals surface area contributed by atoms with Crippen LogP contribution in [0.25, 0.3) is 0 Å². The van der Waals surface area contributed by atoms with E-state index in [9.17, 15) is 51.1 Å². The molecule has 1 fully saturated rings. The number of hydrogen-bond donors (Lipinski definition) is 11. The average Bonchev–Trinajstić information content (AvgIpc) is 2.58. The summed E-state index contributed by atoms with van der Waals surface area (Å²) in [4.78, 5) is 0. The summed E-state index contributed by atoms with van der Waals surface area (Å²) in [5.74, 6) is -1.90. The van der Waals surface area contributed by atoms with Gasteiger partial charge in [0.1, 0.15) is 36.3 Å². The molecule has 0 spiro atoms. The summed E-state index contributed by atoms with van der Waals surface area (Å²) in [5, 5.41) is 101. The van der Waals surface area contributed by atoms with Crippen molar-refractivity contribution in [3.8, 4) is 0 Å². The Kier molecular flexibility index (Phi) is 6.38. The molecule has 10 unspecified atom stereocenters. The lowest BCUT2D eigenvalue weighted by molar-refractivity contribution is -0.177. The van der Waals surface area contributed by atoms with Crippen molar-refractivity contribution in [1.82, 2.24) is 5.32 Å². The van der Waals surface area contributed by atoms with Crippen LogP contribution in [-0.2, 0) is 0 Å². The van der Waals surface area contributed by atoms with Crippen molar-refractivity contribution >= 4 is 0 Å². The van der Waals surface area contributed by atoms with Gasteiger partial charge in [0.15, 0.2) is 0 Å². The normalized spacial score (nSPS) is 48.7. The van der Waals surface area contributed by atoms with Crippen LogP contribution in [0.5, 0.6) is 0 Å². The molecule has 0 saturated heterocycles. The van der Waals surface area contributed by atoms with Crippen molar-refractivity contribution in [2.75, 3.05) is 13.2 Å². The number of aliphatic hydroxyl groups is 10. The van der Waals surface area contributed by atoms with Crippen LogP contribution < -0.4 is 5.32 Å². The monoisotopic (exact) mass is 367 g/mol. The van der Waals surface area contributed by atoms with Gasteiger partial charge in [-0.3, -0.25) is 5.32 Å². The van der Waals surface area contributed by atoms with Crippen LogP contribution >= 0.6 is 0 Å². The third kappa shape index (κ3) is 3.40. The third-order valence-corrected chi connectivity index (χ3v) is 5.06. The lowest BCUT2D eigenvalue weighted by atomic mass is 9.76. The van der Waals surface area contributed by atoms with E-state index < -0.39 is 79.7 Å². The SMILES string of the molecule is OCC1=C(O)C(NC2C(O)C(O)C(O)C(CO)C2O)C(O)C(O)C1O. The second kappa shape index (κ2) is 7.80. The molecule has 0 aromatic rings. The molecular weight excluding hydrogens is 342 g/mol. The lowest BCUT2D eigenvalue weighted by Crippen LogP contribution is -2.69. The predicted molar refractivity (Wildman–Crippen MR) is 80.1 cm³/mol. The molecule has 1 saturated carbocycles. The van der Waals surface area contributed by atoms with Crippen molar-refractivity contribution in [2.45, 2.75) is 54.8 Å². The molecule has 2 aliphatic rings. The van der Waals surface area contributed by atoms with E-state index in [1.807, 2.05) is 0 Å². The van der Waals surface area contributed by atoms with E-state index >= 15 is 0 Å². The van der Waals surface area contributed by atoms with E-state index in [0.29, 0.717) is 0 Å². The maximum absolute atomic E-state index is 10.2. The fourth-order valence-corrected chi connectivity index (χ4v) is 3.41. The van der Waals surface area contributed by atoms with Crippen LogP contribution in [0.15, 0.2) is 11.3 Å². The van der Waals surface area contributed by atoms with Crippen LogP contribution in [0.2, 0.25) is 0 Å². The molecule has 2 rings (SSSR count). The maximum atomic E-state index is 10.2. The summed E-state index contributed by atoms with van der Waals surface area (Å²) in [6.45, 7) is -1.52. The van der Waals surface area contributed by atoms with Gasteiger partial charge < -0.3 is 51.1 Å². The summed E-state index contributed by atoms with van der Waals surface area (Å²) < 4.78 is 0. The van der Waals surface area contributed by atoms with Crippen LogP contribution in [0, 0.1) is 5.92 Å². The molecule has 0 heterocycles. The molecule has 25 heavy (non-hydrogen) atoms. The molecule has 11 heteroatoms. The summed E-state index contributed by atoms with van der Waals surface area (Å²) in [6.07, 6.45) is -11.9. The van der Waals surface area contributed by atoms with Crippen molar-refractivity contribution in [3.05, 3.63) is 11.3 Å². The van der Waals surface area contributed by atoms with Gasteiger partial charge >= 0.3 is 0 Å². The molecular formula is C14H25NO10. The quantitative estimate of drug-likeness (QED) is 0.225. The van der Waals surface area contributed by atoms with E-state index in [4.69, 9.17) is 0 Å². The second-order valence-electron chi connectivity index (χ2n) is 6.47. The maximum Gasteiger partial charge on any atom is 0.116 e. The van der Waals surface area contributed by atoms with Gasteiger partial charge in [-0.1, -0.05) is 0 Å². The Morgan fingerprint density at radius 2 is 1.32 bits per heavy atom. The van der Waals surface area contributed by atoms with Crippen molar-refractivity contribution in [1.29, 1.82) is 0 Å². The molecule has 10 atom stereocenters. The molecule has 0 bridgehead atoms. The highest BCUT2D eigenvalue weighted by Gasteiger charge is 2.51. The highest BCUT2D eigenvalue weighted by atomic mass is 16.4. The fraction of sp³-hybridized carbons (Fsp3) is 0.857. The van der Waals surface area contributed by atoms with Gasteiger partial charge in [-0.15, -0.1) is 0 Å². The first kappa shape index (κ1) is 20.5. The minimum atomic E-state index is -1.77. The molecule has 0 aromatic heterocycles. The highest BCUT2D eigenvalue weighted by molar-refractivity contribution is 5.27. The minimum Gasteiger partial charge on any atom is -0.510 e. The van der Waals surface area contributed by atoms with Gasteiger partial charge in [-0.05, 0) is 0 Å². The summed E-state index contributed by atoms with van der Waals surface area (Å²) in [7, 11) is 0. The Bertz CT molecular complexity index is 502. The second-order valence-corrected chi connectivity index (χ2v) is 6.47. The Hall–Kier alpha value is -0.860. The molecule has 0 aromatic carbocycles.